The van der Waals surface area contributed by atoms with E-state index < -0.39 is 9.84 Å². The van der Waals surface area contributed by atoms with E-state index in [1.165, 1.54) is 0 Å². The summed E-state index contributed by atoms with van der Waals surface area (Å²) in [6.45, 7) is 1.89. The Morgan fingerprint density at radius 2 is 1.64 bits per heavy atom. The lowest BCUT2D eigenvalue weighted by Crippen LogP contribution is -2.04. The highest BCUT2D eigenvalue weighted by Gasteiger charge is 2.26. The van der Waals surface area contributed by atoms with E-state index in [9.17, 15) is 8.42 Å². The molecule has 0 saturated carbocycles. The van der Waals surface area contributed by atoms with Crippen molar-refractivity contribution in [2.45, 2.75) is 16.8 Å². The van der Waals surface area contributed by atoms with Crippen LogP contribution in [0.2, 0.25) is 5.02 Å². The first-order valence-electron chi connectivity index (χ1n) is 6.49. The van der Waals surface area contributed by atoms with Crippen molar-refractivity contribution in [2.75, 3.05) is 0 Å². The number of nitrogens with zero attached hydrogens (tertiary/aromatic N) is 1. The maximum absolute atomic E-state index is 12.7. The van der Waals surface area contributed by atoms with Gasteiger partial charge >= 0.3 is 0 Å². The maximum Gasteiger partial charge on any atom is 0.227 e. The van der Waals surface area contributed by atoms with Gasteiger partial charge in [0.15, 0.2) is 12.2 Å². The fourth-order valence-electron chi connectivity index (χ4n) is 2.05. The summed E-state index contributed by atoms with van der Waals surface area (Å²) in [5.74, 6) is 0.206. The van der Waals surface area contributed by atoms with E-state index in [0.29, 0.717) is 10.6 Å². The Morgan fingerprint density at radius 3 is 2.27 bits per heavy atom. The molecule has 4 nitrogen and oxygen atoms in total. The van der Waals surface area contributed by atoms with Gasteiger partial charge in [0, 0.05) is 10.6 Å². The van der Waals surface area contributed by atoms with Gasteiger partial charge in [-0.1, -0.05) is 29.3 Å². The topological polar surface area (TPSA) is 60.2 Å². The first-order chi connectivity index (χ1) is 10.5. The Balaban J connectivity index is 2.11. The quantitative estimate of drug-likeness (QED) is 0.722. The van der Waals surface area contributed by atoms with Gasteiger partial charge in [-0.2, -0.15) is 0 Å². The average Bonchev–Trinajstić information content (AvgIpc) is 2.99. The Hall–Kier alpha value is -2.11. The van der Waals surface area contributed by atoms with Gasteiger partial charge < -0.3 is 4.42 Å². The summed E-state index contributed by atoms with van der Waals surface area (Å²) in [5.41, 5.74) is 1.59. The molecule has 0 bridgehead atoms. The Bertz CT molecular complexity index is 897. The number of rotatable bonds is 3. The number of hydrogen-bond acceptors (Lipinski definition) is 4. The molecule has 0 saturated heterocycles. The first-order valence-corrected chi connectivity index (χ1v) is 8.36. The Kier molecular flexibility index (Phi) is 3.76. The smallest absolute Gasteiger partial charge is 0.227 e. The van der Waals surface area contributed by atoms with E-state index in [-0.39, 0.29) is 15.7 Å². The van der Waals surface area contributed by atoms with Crippen LogP contribution in [0, 0.1) is 6.92 Å². The van der Waals surface area contributed by atoms with Crippen LogP contribution in [-0.4, -0.2) is 13.4 Å². The molecule has 112 valence electrons. The van der Waals surface area contributed by atoms with Crippen molar-refractivity contribution >= 4 is 21.4 Å². The third-order valence-electron chi connectivity index (χ3n) is 3.23. The standard InChI is InChI=1S/C16H12ClNO3S/c1-11-2-8-14(9-3-11)22(19,20)16-15(21-10-18-16)12-4-6-13(17)7-5-12/h2-10H,1H3. The molecule has 0 spiro atoms. The van der Waals surface area contributed by atoms with Crippen LogP contribution in [0.15, 0.2) is 69.3 Å². The molecule has 22 heavy (non-hydrogen) atoms. The van der Waals surface area contributed by atoms with E-state index >= 15 is 0 Å². The monoisotopic (exact) mass is 333 g/mol. The number of benzene rings is 2. The van der Waals surface area contributed by atoms with Gasteiger partial charge in [0.1, 0.15) is 0 Å². The normalized spacial score (nSPS) is 11.5. The number of aromatic nitrogens is 1. The Morgan fingerprint density at radius 1 is 1.00 bits per heavy atom. The van der Waals surface area contributed by atoms with Crippen LogP contribution >= 0.6 is 11.6 Å². The molecule has 0 aliphatic rings. The number of sulfone groups is 1. The van der Waals surface area contributed by atoms with E-state index in [0.717, 1.165) is 12.0 Å². The molecule has 0 unspecified atom stereocenters. The molecule has 0 atom stereocenters. The predicted molar refractivity (Wildman–Crippen MR) is 83.6 cm³/mol. The van der Waals surface area contributed by atoms with Crippen LogP contribution in [-0.2, 0) is 9.84 Å². The molecule has 1 aromatic heterocycles. The van der Waals surface area contributed by atoms with Gasteiger partial charge in [-0.05, 0) is 43.3 Å². The zero-order valence-electron chi connectivity index (χ0n) is 11.7. The van der Waals surface area contributed by atoms with Crippen LogP contribution in [0.3, 0.4) is 0 Å². The van der Waals surface area contributed by atoms with E-state index in [2.05, 4.69) is 4.98 Å². The van der Waals surface area contributed by atoms with Crippen LogP contribution in [0.5, 0.6) is 0 Å². The highest BCUT2D eigenvalue weighted by molar-refractivity contribution is 7.91. The lowest BCUT2D eigenvalue weighted by molar-refractivity contribution is 0.567. The zero-order chi connectivity index (χ0) is 15.7. The molecule has 6 heteroatoms. The molecule has 0 amide bonds. The van der Waals surface area contributed by atoms with Gasteiger partial charge in [-0.3, -0.25) is 0 Å². The minimum absolute atomic E-state index is 0.0984. The third kappa shape index (κ3) is 2.65. The van der Waals surface area contributed by atoms with Crippen molar-refractivity contribution in [2.24, 2.45) is 0 Å². The summed E-state index contributed by atoms with van der Waals surface area (Å²) in [6.07, 6.45) is 1.13. The third-order valence-corrected chi connectivity index (χ3v) is 5.17. The number of hydrogen-bond donors (Lipinski definition) is 0. The highest BCUT2D eigenvalue weighted by atomic mass is 35.5. The predicted octanol–water partition coefficient (Wildman–Crippen LogP) is 4.14. The summed E-state index contributed by atoms with van der Waals surface area (Å²) < 4.78 is 30.7. The lowest BCUT2D eigenvalue weighted by Gasteiger charge is -2.04. The van der Waals surface area contributed by atoms with Crippen LogP contribution in [0.25, 0.3) is 11.3 Å². The fraction of sp³-hybridized carbons (Fsp3) is 0.0625. The molecule has 3 aromatic rings. The van der Waals surface area contributed by atoms with Crippen LogP contribution < -0.4 is 0 Å². The maximum atomic E-state index is 12.7. The lowest BCUT2D eigenvalue weighted by atomic mass is 10.2. The molecular formula is C16H12ClNO3S. The molecule has 0 fully saturated rings. The first kappa shape index (κ1) is 14.8. The molecule has 0 N–H and O–H groups in total. The van der Waals surface area contributed by atoms with Crippen molar-refractivity contribution in [3.8, 4) is 11.3 Å². The van der Waals surface area contributed by atoms with Crippen molar-refractivity contribution in [1.29, 1.82) is 0 Å². The van der Waals surface area contributed by atoms with Crippen molar-refractivity contribution < 1.29 is 12.8 Å². The molecule has 2 aromatic carbocycles. The van der Waals surface area contributed by atoms with Gasteiger partial charge in [0.25, 0.3) is 0 Å². The SMILES string of the molecule is Cc1ccc(S(=O)(=O)c2ncoc2-c2ccc(Cl)cc2)cc1. The number of halogens is 1. The van der Waals surface area contributed by atoms with Crippen molar-refractivity contribution in [3.63, 3.8) is 0 Å². The minimum atomic E-state index is -3.74. The summed E-state index contributed by atoms with van der Waals surface area (Å²) in [5, 5.41) is 0.463. The summed E-state index contributed by atoms with van der Waals surface area (Å²) in [6, 6.07) is 13.3. The van der Waals surface area contributed by atoms with Gasteiger partial charge in [0.2, 0.25) is 14.9 Å². The molecule has 0 aliphatic heterocycles. The number of oxazole rings is 1. The second kappa shape index (κ2) is 5.59. The van der Waals surface area contributed by atoms with E-state index in [1.54, 1.807) is 48.5 Å². The molecule has 0 radical (unpaired) electrons. The van der Waals surface area contributed by atoms with Gasteiger partial charge in [-0.15, -0.1) is 0 Å². The molecule has 3 rings (SSSR count). The van der Waals surface area contributed by atoms with Crippen LogP contribution in [0.4, 0.5) is 0 Å². The largest absolute Gasteiger partial charge is 0.442 e. The van der Waals surface area contributed by atoms with Crippen molar-refractivity contribution in [3.05, 3.63) is 65.5 Å². The summed E-state index contributed by atoms with van der Waals surface area (Å²) >= 11 is 5.85. The minimum Gasteiger partial charge on any atom is -0.442 e. The second-order valence-electron chi connectivity index (χ2n) is 4.81. The average molecular weight is 334 g/mol. The highest BCUT2D eigenvalue weighted by Crippen LogP contribution is 2.31. The summed E-state index contributed by atoms with van der Waals surface area (Å²) in [4.78, 5) is 4.08. The molecule has 0 aliphatic carbocycles. The summed E-state index contributed by atoms with van der Waals surface area (Å²) in [7, 11) is -3.74. The fourth-order valence-corrected chi connectivity index (χ4v) is 3.48. The zero-order valence-corrected chi connectivity index (χ0v) is 13.2. The number of aryl methyl sites for hydroxylation is 1. The molecular weight excluding hydrogens is 322 g/mol. The van der Waals surface area contributed by atoms with E-state index in [4.69, 9.17) is 16.0 Å². The molecule has 1 heterocycles. The van der Waals surface area contributed by atoms with E-state index in [1.807, 2.05) is 6.92 Å². The van der Waals surface area contributed by atoms with Crippen LogP contribution in [0.1, 0.15) is 5.56 Å². The van der Waals surface area contributed by atoms with Gasteiger partial charge in [-0.25, -0.2) is 13.4 Å². The Labute approximate surface area is 133 Å². The second-order valence-corrected chi connectivity index (χ2v) is 7.11. The van der Waals surface area contributed by atoms with Crippen molar-refractivity contribution in [1.82, 2.24) is 4.98 Å². The van der Waals surface area contributed by atoms with Gasteiger partial charge in [0.05, 0.1) is 4.90 Å².